The minimum atomic E-state index is -0.336. The third-order valence-electron chi connectivity index (χ3n) is 3.25. The largest absolute Gasteiger partial charge is 0.390 e. The fourth-order valence-corrected chi connectivity index (χ4v) is 2.51. The van der Waals surface area contributed by atoms with Crippen molar-refractivity contribution in [2.24, 2.45) is 0 Å². The minimum absolute atomic E-state index is 0.336. The van der Waals surface area contributed by atoms with Crippen LogP contribution >= 0.6 is 0 Å². The summed E-state index contributed by atoms with van der Waals surface area (Å²) >= 11 is 0. The van der Waals surface area contributed by atoms with E-state index in [0.717, 1.165) is 19.3 Å². The van der Waals surface area contributed by atoms with Crippen molar-refractivity contribution in [2.45, 2.75) is 56.7 Å². The van der Waals surface area contributed by atoms with Crippen LogP contribution in [-0.4, -0.2) is 22.8 Å². The van der Waals surface area contributed by atoms with Gasteiger partial charge in [0.25, 0.3) is 0 Å². The van der Waals surface area contributed by atoms with E-state index in [1.807, 2.05) is 0 Å². The molecule has 2 aliphatic heterocycles. The highest BCUT2D eigenvalue weighted by atomic mass is 16.3. The Hall–Kier alpha value is -0.0800. The lowest BCUT2D eigenvalue weighted by Crippen LogP contribution is -2.48. The molecule has 2 unspecified atom stereocenters. The highest BCUT2D eigenvalue weighted by Gasteiger charge is 2.40. The summed E-state index contributed by atoms with van der Waals surface area (Å²) < 4.78 is 0. The molecule has 0 aromatic heterocycles. The van der Waals surface area contributed by atoms with E-state index in [4.69, 9.17) is 0 Å². The quantitative estimate of drug-likeness (QED) is 0.593. The molecule has 2 aliphatic rings. The van der Waals surface area contributed by atoms with Gasteiger partial charge in [0.15, 0.2) is 0 Å². The van der Waals surface area contributed by atoms with Gasteiger partial charge >= 0.3 is 0 Å². The Morgan fingerprint density at radius 2 is 1.91 bits per heavy atom. The second-order valence-electron chi connectivity index (χ2n) is 4.12. The van der Waals surface area contributed by atoms with Crippen LogP contribution in [0.4, 0.5) is 0 Å². The fourth-order valence-electron chi connectivity index (χ4n) is 2.51. The molecule has 0 aromatic rings. The van der Waals surface area contributed by atoms with Crippen LogP contribution in [0.5, 0.6) is 0 Å². The number of fused-ring (bicyclic) bond motifs is 2. The van der Waals surface area contributed by atoms with Crippen molar-refractivity contribution < 1.29 is 5.11 Å². The van der Waals surface area contributed by atoms with E-state index in [2.05, 4.69) is 12.2 Å². The molecule has 2 heteroatoms. The van der Waals surface area contributed by atoms with Gasteiger partial charge in [-0.3, -0.25) is 0 Å². The summed E-state index contributed by atoms with van der Waals surface area (Å²) in [5.41, 5.74) is -0.336. The van der Waals surface area contributed by atoms with Gasteiger partial charge in [-0.05, 0) is 32.1 Å². The Morgan fingerprint density at radius 3 is 2.36 bits per heavy atom. The van der Waals surface area contributed by atoms with Crippen LogP contribution in [0, 0.1) is 0 Å². The maximum Gasteiger partial charge on any atom is 0.0674 e. The Balaban J connectivity index is 2.07. The van der Waals surface area contributed by atoms with Crippen LogP contribution < -0.4 is 5.32 Å². The third-order valence-corrected chi connectivity index (χ3v) is 3.25. The molecule has 0 aromatic carbocycles. The van der Waals surface area contributed by atoms with Gasteiger partial charge in [-0.15, -0.1) is 0 Å². The van der Waals surface area contributed by atoms with E-state index in [9.17, 15) is 5.11 Å². The van der Waals surface area contributed by atoms with Gasteiger partial charge in [-0.25, -0.2) is 0 Å². The molecule has 2 N–H and O–H groups in total. The maximum atomic E-state index is 10.0. The Kier molecular flexibility index (Phi) is 1.69. The average molecular weight is 155 g/mol. The summed E-state index contributed by atoms with van der Waals surface area (Å²) in [5.74, 6) is 0. The van der Waals surface area contributed by atoms with Crippen molar-refractivity contribution in [3.8, 4) is 0 Å². The van der Waals surface area contributed by atoms with Gasteiger partial charge in [0.1, 0.15) is 0 Å². The molecule has 11 heavy (non-hydrogen) atoms. The van der Waals surface area contributed by atoms with E-state index in [1.165, 1.54) is 12.8 Å². The van der Waals surface area contributed by atoms with Crippen LogP contribution in [0.1, 0.15) is 39.0 Å². The Bertz CT molecular complexity index is 146. The maximum absolute atomic E-state index is 10.0. The molecule has 0 spiro atoms. The SMILES string of the molecule is CCC1(O)CC2CCC(C1)N2. The molecule has 2 saturated heterocycles. The van der Waals surface area contributed by atoms with Crippen molar-refractivity contribution in [1.29, 1.82) is 0 Å². The second-order valence-corrected chi connectivity index (χ2v) is 4.12. The van der Waals surface area contributed by atoms with E-state index in [1.54, 1.807) is 0 Å². The van der Waals surface area contributed by atoms with Gasteiger partial charge in [0, 0.05) is 12.1 Å². The zero-order chi connectivity index (χ0) is 7.90. The Morgan fingerprint density at radius 1 is 1.36 bits per heavy atom. The monoisotopic (exact) mass is 155 g/mol. The first kappa shape index (κ1) is 7.56. The first-order chi connectivity index (χ1) is 5.22. The molecule has 64 valence electrons. The van der Waals surface area contributed by atoms with Crippen LogP contribution in [0.15, 0.2) is 0 Å². The molecular formula is C9H17NO. The van der Waals surface area contributed by atoms with Crippen LogP contribution in [0.3, 0.4) is 0 Å². The topological polar surface area (TPSA) is 32.3 Å². The number of aliphatic hydroxyl groups is 1. The van der Waals surface area contributed by atoms with Gasteiger partial charge in [0.2, 0.25) is 0 Å². The smallest absolute Gasteiger partial charge is 0.0674 e. The Labute approximate surface area is 68.0 Å². The first-order valence-corrected chi connectivity index (χ1v) is 4.70. The van der Waals surface area contributed by atoms with Gasteiger partial charge < -0.3 is 10.4 Å². The normalized spacial score (nSPS) is 49.6. The molecular weight excluding hydrogens is 138 g/mol. The molecule has 2 atom stereocenters. The van der Waals surface area contributed by atoms with Crippen molar-refractivity contribution in [3.63, 3.8) is 0 Å². The standard InChI is InChI=1S/C9H17NO/c1-2-9(11)5-7-3-4-8(6-9)10-7/h7-8,10-11H,2-6H2,1H3. The van der Waals surface area contributed by atoms with Crippen LogP contribution in [0.25, 0.3) is 0 Å². The predicted molar refractivity (Wildman–Crippen MR) is 44.4 cm³/mol. The van der Waals surface area contributed by atoms with Gasteiger partial charge in [0.05, 0.1) is 5.60 Å². The lowest BCUT2D eigenvalue weighted by molar-refractivity contribution is -0.00973. The third kappa shape index (κ3) is 1.30. The number of piperidine rings is 1. The zero-order valence-corrected chi connectivity index (χ0v) is 7.14. The molecule has 0 aliphatic carbocycles. The highest BCUT2D eigenvalue weighted by molar-refractivity contribution is 4.99. The number of hydrogen-bond donors (Lipinski definition) is 2. The summed E-state index contributed by atoms with van der Waals surface area (Å²) in [6, 6.07) is 1.22. The summed E-state index contributed by atoms with van der Waals surface area (Å²) in [7, 11) is 0. The van der Waals surface area contributed by atoms with Crippen molar-refractivity contribution in [3.05, 3.63) is 0 Å². The van der Waals surface area contributed by atoms with Crippen molar-refractivity contribution in [2.75, 3.05) is 0 Å². The lowest BCUT2D eigenvalue weighted by atomic mass is 9.85. The van der Waals surface area contributed by atoms with E-state index >= 15 is 0 Å². The molecule has 2 bridgehead atoms. The highest BCUT2D eigenvalue weighted by Crippen LogP contribution is 2.35. The number of nitrogens with one attached hydrogen (secondary N) is 1. The molecule has 2 heterocycles. The van der Waals surface area contributed by atoms with E-state index < -0.39 is 0 Å². The molecule has 2 rings (SSSR count). The fraction of sp³-hybridized carbons (Fsp3) is 1.00. The van der Waals surface area contributed by atoms with E-state index in [-0.39, 0.29) is 5.60 Å². The average Bonchev–Trinajstić information content (AvgIpc) is 2.31. The summed E-state index contributed by atoms with van der Waals surface area (Å²) in [4.78, 5) is 0. The number of rotatable bonds is 1. The lowest BCUT2D eigenvalue weighted by Gasteiger charge is -2.36. The van der Waals surface area contributed by atoms with Crippen LogP contribution in [0.2, 0.25) is 0 Å². The van der Waals surface area contributed by atoms with Crippen molar-refractivity contribution in [1.82, 2.24) is 5.32 Å². The van der Waals surface area contributed by atoms with Crippen molar-refractivity contribution >= 4 is 0 Å². The molecule has 0 radical (unpaired) electrons. The first-order valence-electron chi connectivity index (χ1n) is 4.70. The summed E-state index contributed by atoms with van der Waals surface area (Å²) in [5, 5.41) is 13.5. The molecule has 2 fully saturated rings. The van der Waals surface area contributed by atoms with Gasteiger partial charge in [-0.1, -0.05) is 6.92 Å². The summed E-state index contributed by atoms with van der Waals surface area (Å²) in [6.45, 7) is 2.09. The predicted octanol–water partition coefficient (Wildman–Crippen LogP) is 1.04. The summed E-state index contributed by atoms with van der Waals surface area (Å²) in [6.07, 6.45) is 5.40. The van der Waals surface area contributed by atoms with Crippen LogP contribution in [-0.2, 0) is 0 Å². The second kappa shape index (κ2) is 2.46. The zero-order valence-electron chi connectivity index (χ0n) is 7.14. The molecule has 0 amide bonds. The minimum Gasteiger partial charge on any atom is -0.390 e. The molecule has 2 nitrogen and oxygen atoms in total. The molecule has 0 saturated carbocycles. The van der Waals surface area contributed by atoms with E-state index in [0.29, 0.717) is 12.1 Å². The van der Waals surface area contributed by atoms with Gasteiger partial charge in [-0.2, -0.15) is 0 Å². The number of hydrogen-bond acceptors (Lipinski definition) is 2.